The fourth-order valence-corrected chi connectivity index (χ4v) is 1.49. The molecular formula is C8H16O3S. The van der Waals surface area contributed by atoms with E-state index in [1.807, 2.05) is 0 Å². The zero-order chi connectivity index (χ0) is 9.45. The summed E-state index contributed by atoms with van der Waals surface area (Å²) in [5.74, 6) is 0. The van der Waals surface area contributed by atoms with E-state index >= 15 is 0 Å². The molecule has 0 atom stereocenters. The highest BCUT2D eigenvalue weighted by Crippen LogP contribution is 1.99. The predicted octanol–water partition coefficient (Wildman–Crippen LogP) is 2.06. The molecule has 0 aliphatic rings. The van der Waals surface area contributed by atoms with Crippen LogP contribution < -0.4 is 0 Å². The maximum atomic E-state index is 10.9. The summed E-state index contributed by atoms with van der Waals surface area (Å²) in [6.07, 6.45) is 4.51. The molecule has 72 valence electrons. The first-order chi connectivity index (χ1) is 5.62. The van der Waals surface area contributed by atoms with Crippen LogP contribution in [0.25, 0.3) is 0 Å². The third-order valence-electron chi connectivity index (χ3n) is 1.27. The molecule has 0 heterocycles. The van der Waals surface area contributed by atoms with E-state index in [4.69, 9.17) is 0 Å². The van der Waals surface area contributed by atoms with Crippen LogP contribution in [0.15, 0.2) is 11.5 Å². The van der Waals surface area contributed by atoms with Gasteiger partial charge in [-0.2, -0.15) is 8.42 Å². The average Bonchev–Trinajstić information content (AvgIpc) is 1.98. The summed E-state index contributed by atoms with van der Waals surface area (Å²) in [7, 11) is -3.39. The SMILES string of the molecule is CCCC/C=C/S(=O)(=O)OCC. The van der Waals surface area contributed by atoms with Crippen LogP contribution in [0.4, 0.5) is 0 Å². The lowest BCUT2D eigenvalue weighted by Crippen LogP contribution is -2.00. The Morgan fingerprint density at radius 3 is 2.50 bits per heavy atom. The van der Waals surface area contributed by atoms with E-state index in [1.54, 1.807) is 13.0 Å². The third-order valence-corrected chi connectivity index (χ3v) is 2.36. The Morgan fingerprint density at radius 1 is 1.33 bits per heavy atom. The largest absolute Gasteiger partial charge is 0.289 e. The van der Waals surface area contributed by atoms with Crippen LogP contribution in [-0.2, 0) is 14.3 Å². The van der Waals surface area contributed by atoms with Gasteiger partial charge in [0.15, 0.2) is 0 Å². The van der Waals surface area contributed by atoms with Crippen LogP contribution in [0, 0.1) is 0 Å². The van der Waals surface area contributed by atoms with E-state index in [9.17, 15) is 8.42 Å². The van der Waals surface area contributed by atoms with Crippen molar-refractivity contribution in [2.24, 2.45) is 0 Å². The first-order valence-electron chi connectivity index (χ1n) is 4.18. The summed E-state index contributed by atoms with van der Waals surface area (Å²) in [6, 6.07) is 0. The Morgan fingerprint density at radius 2 is 2.00 bits per heavy atom. The third kappa shape index (κ3) is 6.37. The van der Waals surface area contributed by atoms with Crippen molar-refractivity contribution in [3.63, 3.8) is 0 Å². The molecule has 0 amide bonds. The van der Waals surface area contributed by atoms with Gasteiger partial charge in [0.05, 0.1) is 12.0 Å². The van der Waals surface area contributed by atoms with Gasteiger partial charge in [0, 0.05) is 0 Å². The van der Waals surface area contributed by atoms with Crippen molar-refractivity contribution in [1.29, 1.82) is 0 Å². The number of allylic oxidation sites excluding steroid dienone is 1. The van der Waals surface area contributed by atoms with Crippen LogP contribution in [0.2, 0.25) is 0 Å². The Labute approximate surface area is 74.6 Å². The minimum atomic E-state index is -3.39. The molecule has 0 N–H and O–H groups in total. The predicted molar refractivity (Wildman–Crippen MR) is 49.2 cm³/mol. The molecule has 12 heavy (non-hydrogen) atoms. The zero-order valence-corrected chi connectivity index (χ0v) is 8.43. The van der Waals surface area contributed by atoms with Crippen LogP contribution >= 0.6 is 0 Å². The van der Waals surface area contributed by atoms with Crippen molar-refractivity contribution in [2.45, 2.75) is 33.1 Å². The fraction of sp³-hybridized carbons (Fsp3) is 0.750. The van der Waals surface area contributed by atoms with Crippen LogP contribution in [-0.4, -0.2) is 15.0 Å². The van der Waals surface area contributed by atoms with E-state index in [0.717, 1.165) is 24.7 Å². The monoisotopic (exact) mass is 192 g/mol. The van der Waals surface area contributed by atoms with Gasteiger partial charge in [0.1, 0.15) is 0 Å². The summed E-state index contributed by atoms with van der Waals surface area (Å²) in [5.41, 5.74) is 0. The molecule has 0 spiro atoms. The van der Waals surface area contributed by atoms with Crippen molar-refractivity contribution >= 4 is 10.1 Å². The highest BCUT2D eigenvalue weighted by molar-refractivity contribution is 7.89. The highest BCUT2D eigenvalue weighted by atomic mass is 32.2. The van der Waals surface area contributed by atoms with Gasteiger partial charge in [0.25, 0.3) is 10.1 Å². The normalized spacial score (nSPS) is 12.5. The van der Waals surface area contributed by atoms with Crippen LogP contribution in [0.5, 0.6) is 0 Å². The first-order valence-corrected chi connectivity index (χ1v) is 5.65. The molecule has 0 unspecified atom stereocenters. The van der Waals surface area contributed by atoms with Crippen molar-refractivity contribution in [2.75, 3.05) is 6.61 Å². The summed E-state index contributed by atoms with van der Waals surface area (Å²) in [4.78, 5) is 0. The second kappa shape index (κ2) is 6.20. The van der Waals surface area contributed by atoms with Gasteiger partial charge in [0.2, 0.25) is 0 Å². The van der Waals surface area contributed by atoms with Crippen molar-refractivity contribution in [1.82, 2.24) is 0 Å². The molecule has 0 aliphatic heterocycles. The van der Waals surface area contributed by atoms with Gasteiger partial charge < -0.3 is 0 Å². The van der Waals surface area contributed by atoms with E-state index in [1.165, 1.54) is 0 Å². The molecule has 0 aromatic carbocycles. The van der Waals surface area contributed by atoms with E-state index in [0.29, 0.717) is 0 Å². The van der Waals surface area contributed by atoms with Gasteiger partial charge >= 0.3 is 0 Å². The average molecular weight is 192 g/mol. The number of rotatable bonds is 6. The summed E-state index contributed by atoms with van der Waals surface area (Å²) in [5, 5.41) is 1.13. The summed E-state index contributed by atoms with van der Waals surface area (Å²) < 4.78 is 26.3. The van der Waals surface area contributed by atoms with Crippen molar-refractivity contribution in [3.05, 3.63) is 11.5 Å². The quantitative estimate of drug-likeness (QED) is 0.478. The molecule has 0 aliphatic carbocycles. The van der Waals surface area contributed by atoms with Crippen molar-refractivity contribution in [3.8, 4) is 0 Å². The first kappa shape index (κ1) is 11.6. The molecule has 4 heteroatoms. The highest BCUT2D eigenvalue weighted by Gasteiger charge is 2.01. The molecular weight excluding hydrogens is 176 g/mol. The second-order valence-electron chi connectivity index (χ2n) is 2.41. The molecule has 0 radical (unpaired) electrons. The maximum absolute atomic E-state index is 10.9. The van der Waals surface area contributed by atoms with Gasteiger partial charge in [-0.25, -0.2) is 0 Å². The maximum Gasteiger partial charge on any atom is 0.289 e. The standard InChI is InChI=1S/C8H16O3S/c1-3-5-6-7-8-12(9,10)11-4-2/h7-8H,3-6H2,1-2H3/b8-7+. The minimum Gasteiger partial charge on any atom is -0.267 e. The molecule has 0 saturated heterocycles. The minimum absolute atomic E-state index is 0.195. The lowest BCUT2D eigenvalue weighted by atomic mass is 10.2. The van der Waals surface area contributed by atoms with Crippen molar-refractivity contribution < 1.29 is 12.6 Å². The summed E-state index contributed by atoms with van der Waals surface area (Å²) in [6.45, 7) is 3.91. The Balaban J connectivity index is 3.81. The Hall–Kier alpha value is -0.350. The number of hydrogen-bond acceptors (Lipinski definition) is 3. The van der Waals surface area contributed by atoms with E-state index in [-0.39, 0.29) is 6.61 Å². The summed E-state index contributed by atoms with van der Waals surface area (Å²) >= 11 is 0. The van der Waals surface area contributed by atoms with Gasteiger partial charge in [-0.05, 0) is 13.3 Å². The van der Waals surface area contributed by atoms with E-state index < -0.39 is 10.1 Å². The fourth-order valence-electron chi connectivity index (χ4n) is 0.711. The zero-order valence-electron chi connectivity index (χ0n) is 7.62. The Kier molecular flexibility index (Phi) is 6.02. The molecule has 0 aromatic rings. The molecule has 0 bridgehead atoms. The molecule has 0 rings (SSSR count). The van der Waals surface area contributed by atoms with Gasteiger partial charge in [-0.3, -0.25) is 4.18 Å². The molecule has 0 saturated carbocycles. The van der Waals surface area contributed by atoms with Crippen LogP contribution in [0.3, 0.4) is 0 Å². The second-order valence-corrected chi connectivity index (χ2v) is 3.91. The lowest BCUT2D eigenvalue weighted by molar-refractivity contribution is 0.344. The number of unbranched alkanes of at least 4 members (excludes halogenated alkanes) is 2. The smallest absolute Gasteiger partial charge is 0.267 e. The van der Waals surface area contributed by atoms with Crippen LogP contribution in [0.1, 0.15) is 33.1 Å². The topological polar surface area (TPSA) is 43.4 Å². The molecule has 3 nitrogen and oxygen atoms in total. The van der Waals surface area contributed by atoms with Gasteiger partial charge in [-0.1, -0.05) is 25.8 Å². The lowest BCUT2D eigenvalue weighted by Gasteiger charge is -1.95. The molecule has 0 aromatic heterocycles. The van der Waals surface area contributed by atoms with Gasteiger partial charge in [-0.15, -0.1) is 0 Å². The molecule has 0 fully saturated rings. The van der Waals surface area contributed by atoms with E-state index in [2.05, 4.69) is 11.1 Å². The Bertz CT molecular complexity index is 216. The number of hydrogen-bond donors (Lipinski definition) is 0.